The van der Waals surface area contributed by atoms with Crippen molar-refractivity contribution in [3.63, 3.8) is 0 Å². The lowest BCUT2D eigenvalue weighted by molar-refractivity contribution is 0.0605. The number of halogens is 1. The third-order valence-electron chi connectivity index (χ3n) is 2.20. The molecule has 0 bridgehead atoms. The molecule has 1 aromatic heterocycles. The molecule has 0 amide bonds. The van der Waals surface area contributed by atoms with Crippen LogP contribution in [0.1, 0.15) is 20.0 Å². The van der Waals surface area contributed by atoms with Gasteiger partial charge < -0.3 is 9.84 Å². The number of fused-ring (bicyclic) bond motifs is 1. The van der Waals surface area contributed by atoms with E-state index >= 15 is 0 Å². The summed E-state index contributed by atoms with van der Waals surface area (Å²) in [7, 11) is 1.29. The number of hydrogen-bond acceptors (Lipinski definition) is 4. The van der Waals surface area contributed by atoms with E-state index in [1.807, 2.05) is 0 Å². The van der Waals surface area contributed by atoms with Crippen LogP contribution >= 0.6 is 22.9 Å². The van der Waals surface area contributed by atoms with E-state index in [-0.39, 0.29) is 5.56 Å². The second kappa shape index (κ2) is 4.35. The zero-order valence-corrected chi connectivity index (χ0v) is 10.3. The molecule has 0 unspecified atom stereocenters. The molecule has 1 N–H and O–H groups in total. The van der Waals surface area contributed by atoms with Crippen LogP contribution in [0.4, 0.5) is 0 Å². The van der Waals surface area contributed by atoms with Gasteiger partial charge >= 0.3 is 11.9 Å². The molecule has 0 aliphatic rings. The summed E-state index contributed by atoms with van der Waals surface area (Å²) in [5.74, 6) is -1.52. The first-order valence-corrected chi connectivity index (χ1v) is 5.77. The quantitative estimate of drug-likeness (QED) is 0.852. The van der Waals surface area contributed by atoms with Gasteiger partial charge in [-0.25, -0.2) is 9.59 Å². The highest BCUT2D eigenvalue weighted by Gasteiger charge is 2.14. The fourth-order valence-electron chi connectivity index (χ4n) is 1.43. The van der Waals surface area contributed by atoms with Crippen molar-refractivity contribution >= 4 is 45.0 Å². The molecular formula is C11H7ClO4S. The van der Waals surface area contributed by atoms with Crippen molar-refractivity contribution in [1.29, 1.82) is 0 Å². The molecule has 0 atom stereocenters. The predicted octanol–water partition coefficient (Wildman–Crippen LogP) is 3.04. The second-order valence-electron chi connectivity index (χ2n) is 3.28. The first kappa shape index (κ1) is 11.9. The molecular weight excluding hydrogens is 264 g/mol. The van der Waals surface area contributed by atoms with Crippen LogP contribution in [-0.4, -0.2) is 24.2 Å². The Balaban J connectivity index is 2.64. The van der Waals surface area contributed by atoms with Crippen LogP contribution in [0.2, 0.25) is 5.02 Å². The Labute approximate surface area is 105 Å². The average molecular weight is 271 g/mol. The molecule has 6 heteroatoms. The van der Waals surface area contributed by atoms with Crippen LogP contribution in [0.3, 0.4) is 0 Å². The van der Waals surface area contributed by atoms with E-state index in [9.17, 15) is 9.59 Å². The number of benzene rings is 1. The molecule has 2 aromatic rings. The highest BCUT2D eigenvalue weighted by atomic mass is 35.5. The summed E-state index contributed by atoms with van der Waals surface area (Å²) in [6.07, 6.45) is 0. The molecule has 0 spiro atoms. The molecule has 17 heavy (non-hydrogen) atoms. The predicted molar refractivity (Wildman–Crippen MR) is 65.1 cm³/mol. The van der Waals surface area contributed by atoms with Crippen LogP contribution < -0.4 is 0 Å². The van der Waals surface area contributed by atoms with Gasteiger partial charge in [0, 0.05) is 0 Å². The zero-order chi connectivity index (χ0) is 12.6. The third kappa shape index (κ3) is 2.11. The van der Waals surface area contributed by atoms with E-state index in [1.54, 1.807) is 6.07 Å². The number of carboxylic acid groups (broad SMARTS) is 1. The number of esters is 1. The van der Waals surface area contributed by atoms with Crippen molar-refractivity contribution in [1.82, 2.24) is 0 Å². The third-order valence-corrected chi connectivity index (χ3v) is 3.78. The summed E-state index contributed by atoms with van der Waals surface area (Å²) < 4.78 is 5.27. The van der Waals surface area contributed by atoms with Crippen molar-refractivity contribution in [2.24, 2.45) is 0 Å². The number of aromatic carboxylic acids is 1. The molecule has 4 nitrogen and oxygen atoms in total. The van der Waals surface area contributed by atoms with Crippen molar-refractivity contribution in [3.05, 3.63) is 33.7 Å². The van der Waals surface area contributed by atoms with Crippen LogP contribution in [0.5, 0.6) is 0 Å². The molecule has 1 heterocycles. The summed E-state index contributed by atoms with van der Waals surface area (Å²) in [6, 6.07) is 4.42. The van der Waals surface area contributed by atoms with Gasteiger partial charge in [-0.05, 0) is 23.6 Å². The highest BCUT2D eigenvalue weighted by molar-refractivity contribution is 7.21. The fraction of sp³-hybridized carbons (Fsp3) is 0.0909. The number of hydrogen-bond donors (Lipinski definition) is 1. The summed E-state index contributed by atoms with van der Waals surface area (Å²) in [4.78, 5) is 22.6. The van der Waals surface area contributed by atoms with E-state index in [0.29, 0.717) is 20.0 Å². The number of methoxy groups -OCH3 is 1. The number of thiophene rings is 1. The smallest absolute Gasteiger partial charge is 0.348 e. The van der Waals surface area contributed by atoms with Crippen molar-refractivity contribution in [2.75, 3.05) is 7.11 Å². The molecule has 0 saturated carbocycles. The largest absolute Gasteiger partial charge is 0.478 e. The van der Waals surface area contributed by atoms with Crippen LogP contribution in [-0.2, 0) is 4.74 Å². The van der Waals surface area contributed by atoms with E-state index in [4.69, 9.17) is 16.7 Å². The molecule has 2 rings (SSSR count). The van der Waals surface area contributed by atoms with Crippen LogP contribution in [0, 0.1) is 0 Å². The topological polar surface area (TPSA) is 63.6 Å². The number of ether oxygens (including phenoxy) is 1. The minimum absolute atomic E-state index is 0.0942. The molecule has 0 aliphatic heterocycles. The normalized spacial score (nSPS) is 10.5. The lowest BCUT2D eigenvalue weighted by Gasteiger charge is -1.96. The van der Waals surface area contributed by atoms with Crippen molar-refractivity contribution in [3.8, 4) is 0 Å². The Bertz CT molecular complexity index is 617. The first-order valence-electron chi connectivity index (χ1n) is 4.57. The number of carbonyl (C=O) groups is 2. The van der Waals surface area contributed by atoms with E-state index in [2.05, 4.69) is 4.74 Å². The summed E-state index contributed by atoms with van der Waals surface area (Å²) >= 11 is 7.14. The van der Waals surface area contributed by atoms with Gasteiger partial charge in [-0.15, -0.1) is 11.3 Å². The fourth-order valence-corrected chi connectivity index (χ4v) is 2.74. The first-order chi connectivity index (χ1) is 8.02. The van der Waals surface area contributed by atoms with E-state index < -0.39 is 11.9 Å². The molecule has 0 saturated heterocycles. The molecule has 88 valence electrons. The Kier molecular flexibility index (Phi) is 3.04. The monoisotopic (exact) mass is 270 g/mol. The van der Waals surface area contributed by atoms with Gasteiger partial charge in [-0.1, -0.05) is 11.6 Å². The summed E-state index contributed by atoms with van der Waals surface area (Å²) in [6.45, 7) is 0. The highest BCUT2D eigenvalue weighted by Crippen LogP contribution is 2.33. The van der Waals surface area contributed by atoms with Crippen molar-refractivity contribution < 1.29 is 19.4 Å². The second-order valence-corrected chi connectivity index (χ2v) is 4.74. The zero-order valence-electron chi connectivity index (χ0n) is 8.69. The molecule has 1 aromatic carbocycles. The number of carbonyl (C=O) groups excluding carboxylic acids is 1. The van der Waals surface area contributed by atoms with E-state index in [0.717, 1.165) is 0 Å². The standard InChI is InChI=1S/C11H7ClO4S/c1-16-11(15)8-4-5-2-6(10(13)14)3-7(12)9(5)17-8/h2-4H,1H3,(H,13,14). The Morgan fingerprint density at radius 3 is 2.65 bits per heavy atom. The van der Waals surface area contributed by atoms with Gasteiger partial charge in [0.1, 0.15) is 4.88 Å². The maximum absolute atomic E-state index is 11.3. The van der Waals surface area contributed by atoms with Gasteiger partial charge in [-0.3, -0.25) is 0 Å². The van der Waals surface area contributed by atoms with Gasteiger partial charge in [0.15, 0.2) is 0 Å². The SMILES string of the molecule is COC(=O)c1cc2cc(C(=O)O)cc(Cl)c2s1. The average Bonchev–Trinajstić information content (AvgIpc) is 2.72. The molecule has 0 radical (unpaired) electrons. The maximum Gasteiger partial charge on any atom is 0.348 e. The molecule has 0 aliphatic carbocycles. The summed E-state index contributed by atoms with van der Waals surface area (Å²) in [5, 5.41) is 9.83. The van der Waals surface area contributed by atoms with E-state index in [1.165, 1.54) is 30.6 Å². The minimum atomic E-state index is -1.06. The number of carboxylic acids is 1. The lowest BCUT2D eigenvalue weighted by Crippen LogP contribution is -1.96. The Hall–Kier alpha value is -1.59. The van der Waals surface area contributed by atoms with Gasteiger partial charge in [-0.2, -0.15) is 0 Å². The van der Waals surface area contributed by atoms with Gasteiger partial charge in [0.25, 0.3) is 0 Å². The maximum atomic E-state index is 11.3. The number of rotatable bonds is 2. The Morgan fingerprint density at radius 2 is 2.06 bits per heavy atom. The summed E-state index contributed by atoms with van der Waals surface area (Å²) in [5.41, 5.74) is 0.0942. The Morgan fingerprint density at radius 1 is 1.35 bits per heavy atom. The minimum Gasteiger partial charge on any atom is -0.478 e. The molecule has 0 fully saturated rings. The van der Waals surface area contributed by atoms with Crippen molar-refractivity contribution in [2.45, 2.75) is 0 Å². The van der Waals surface area contributed by atoms with Gasteiger partial charge in [0.05, 0.1) is 22.4 Å². The van der Waals surface area contributed by atoms with Gasteiger partial charge in [0.2, 0.25) is 0 Å². The lowest BCUT2D eigenvalue weighted by atomic mass is 10.1. The van der Waals surface area contributed by atoms with Crippen LogP contribution in [0.25, 0.3) is 10.1 Å². The van der Waals surface area contributed by atoms with Crippen LogP contribution in [0.15, 0.2) is 18.2 Å².